The van der Waals surface area contributed by atoms with Gasteiger partial charge in [0.1, 0.15) is 17.6 Å². The van der Waals surface area contributed by atoms with E-state index in [0.717, 1.165) is 37.3 Å². The highest BCUT2D eigenvalue weighted by molar-refractivity contribution is 5.65. The third-order valence-corrected chi connectivity index (χ3v) is 3.89. The van der Waals surface area contributed by atoms with Gasteiger partial charge in [-0.2, -0.15) is 5.10 Å². The molecule has 1 aliphatic heterocycles. The molecule has 0 fully saturated rings. The first kappa shape index (κ1) is 13.2. The highest BCUT2D eigenvalue weighted by atomic mass is 19.1. The van der Waals surface area contributed by atoms with Gasteiger partial charge in [-0.05, 0) is 38.3 Å². The number of rotatable bonds is 2. The SMILES string of the molecule is CC[C@@H]1CCCn2nc(-c3ccccc3F)c(C)c2O1. The van der Waals surface area contributed by atoms with E-state index < -0.39 is 0 Å². The molecule has 0 aliphatic carbocycles. The molecule has 106 valence electrons. The topological polar surface area (TPSA) is 27.1 Å². The van der Waals surface area contributed by atoms with Gasteiger partial charge in [0.25, 0.3) is 0 Å². The monoisotopic (exact) mass is 274 g/mol. The van der Waals surface area contributed by atoms with Crippen molar-refractivity contribution in [3.05, 3.63) is 35.6 Å². The van der Waals surface area contributed by atoms with Crippen LogP contribution in [0.1, 0.15) is 31.7 Å². The predicted octanol–water partition coefficient (Wildman–Crippen LogP) is 3.95. The van der Waals surface area contributed by atoms with Crippen molar-refractivity contribution >= 4 is 0 Å². The van der Waals surface area contributed by atoms with E-state index in [1.165, 1.54) is 6.07 Å². The van der Waals surface area contributed by atoms with E-state index in [4.69, 9.17) is 4.74 Å². The van der Waals surface area contributed by atoms with Crippen molar-refractivity contribution in [1.82, 2.24) is 9.78 Å². The number of aromatic nitrogens is 2. The van der Waals surface area contributed by atoms with Crippen molar-refractivity contribution in [2.45, 2.75) is 45.8 Å². The van der Waals surface area contributed by atoms with Gasteiger partial charge in [0.15, 0.2) is 0 Å². The van der Waals surface area contributed by atoms with Gasteiger partial charge in [-0.3, -0.25) is 0 Å². The molecule has 1 aromatic carbocycles. The first-order valence-electron chi connectivity index (χ1n) is 7.19. The molecule has 2 heterocycles. The Morgan fingerprint density at radius 3 is 2.95 bits per heavy atom. The first-order valence-corrected chi connectivity index (χ1v) is 7.19. The van der Waals surface area contributed by atoms with E-state index in [1.54, 1.807) is 12.1 Å². The Bertz CT molecular complexity index is 621. The van der Waals surface area contributed by atoms with Crippen LogP contribution in [-0.4, -0.2) is 15.9 Å². The number of aryl methyl sites for hydroxylation is 1. The van der Waals surface area contributed by atoms with Gasteiger partial charge in [-0.1, -0.05) is 19.1 Å². The van der Waals surface area contributed by atoms with Crippen LogP contribution in [0.15, 0.2) is 24.3 Å². The molecule has 0 bridgehead atoms. The van der Waals surface area contributed by atoms with Crippen LogP contribution in [0.5, 0.6) is 5.88 Å². The first-order chi connectivity index (χ1) is 9.70. The van der Waals surface area contributed by atoms with Gasteiger partial charge in [-0.25, -0.2) is 9.07 Å². The zero-order valence-electron chi connectivity index (χ0n) is 11.9. The number of halogens is 1. The molecule has 1 aromatic heterocycles. The lowest BCUT2D eigenvalue weighted by Gasteiger charge is -2.14. The third-order valence-electron chi connectivity index (χ3n) is 3.89. The largest absolute Gasteiger partial charge is 0.474 e. The summed E-state index contributed by atoms with van der Waals surface area (Å²) in [6.07, 6.45) is 3.32. The van der Waals surface area contributed by atoms with Crippen LogP contribution >= 0.6 is 0 Å². The van der Waals surface area contributed by atoms with Crippen molar-refractivity contribution in [3.63, 3.8) is 0 Å². The Balaban J connectivity index is 2.06. The van der Waals surface area contributed by atoms with Crippen LogP contribution in [-0.2, 0) is 6.54 Å². The lowest BCUT2D eigenvalue weighted by molar-refractivity contribution is 0.183. The minimum Gasteiger partial charge on any atom is -0.474 e. The standard InChI is InChI=1S/C16H19FN2O/c1-3-12-7-6-10-19-16(20-12)11(2)15(18-19)13-8-4-5-9-14(13)17/h4-5,8-9,12H,3,6-7,10H2,1-2H3/t12-/m1/s1. The molecular weight excluding hydrogens is 255 g/mol. The fourth-order valence-corrected chi connectivity index (χ4v) is 2.72. The Hall–Kier alpha value is -1.84. The highest BCUT2D eigenvalue weighted by Gasteiger charge is 2.23. The summed E-state index contributed by atoms with van der Waals surface area (Å²) in [5, 5.41) is 4.56. The molecule has 3 nitrogen and oxygen atoms in total. The fraction of sp³-hybridized carbons (Fsp3) is 0.438. The van der Waals surface area contributed by atoms with E-state index >= 15 is 0 Å². The summed E-state index contributed by atoms with van der Waals surface area (Å²) < 4.78 is 21.9. The fourth-order valence-electron chi connectivity index (χ4n) is 2.72. The van der Waals surface area contributed by atoms with Gasteiger partial charge in [0.2, 0.25) is 5.88 Å². The maximum atomic E-state index is 14.0. The van der Waals surface area contributed by atoms with Gasteiger partial charge in [-0.15, -0.1) is 0 Å². The Morgan fingerprint density at radius 2 is 2.20 bits per heavy atom. The molecule has 0 radical (unpaired) electrons. The molecule has 0 N–H and O–H groups in total. The van der Waals surface area contributed by atoms with Gasteiger partial charge in [0, 0.05) is 17.7 Å². The van der Waals surface area contributed by atoms with Crippen molar-refractivity contribution in [2.75, 3.05) is 0 Å². The lowest BCUT2D eigenvalue weighted by atomic mass is 10.1. The minimum atomic E-state index is -0.240. The molecule has 0 saturated carbocycles. The number of ether oxygens (including phenoxy) is 1. The number of fused-ring (bicyclic) bond motifs is 1. The Morgan fingerprint density at radius 1 is 1.40 bits per heavy atom. The highest BCUT2D eigenvalue weighted by Crippen LogP contribution is 2.34. The molecule has 4 heteroatoms. The normalized spacial score (nSPS) is 18.2. The number of benzene rings is 1. The van der Waals surface area contributed by atoms with E-state index in [2.05, 4.69) is 12.0 Å². The van der Waals surface area contributed by atoms with Crippen LogP contribution in [0.4, 0.5) is 4.39 Å². The quantitative estimate of drug-likeness (QED) is 0.829. The van der Waals surface area contributed by atoms with Crippen molar-refractivity contribution < 1.29 is 9.13 Å². The summed E-state index contributed by atoms with van der Waals surface area (Å²) >= 11 is 0. The third kappa shape index (κ3) is 2.19. The van der Waals surface area contributed by atoms with Crippen molar-refractivity contribution in [2.24, 2.45) is 0 Å². The van der Waals surface area contributed by atoms with Crippen LogP contribution < -0.4 is 4.74 Å². The summed E-state index contributed by atoms with van der Waals surface area (Å²) in [5.41, 5.74) is 2.16. The molecule has 3 rings (SSSR count). The molecule has 1 aliphatic rings. The summed E-state index contributed by atoms with van der Waals surface area (Å²) in [6.45, 7) is 4.92. The van der Waals surface area contributed by atoms with Gasteiger partial charge >= 0.3 is 0 Å². The lowest BCUT2D eigenvalue weighted by Crippen LogP contribution is -2.14. The van der Waals surface area contributed by atoms with Crippen LogP contribution in [0.3, 0.4) is 0 Å². The molecule has 0 saturated heterocycles. The smallest absolute Gasteiger partial charge is 0.215 e. The average Bonchev–Trinajstić information content (AvgIpc) is 2.64. The molecule has 0 unspecified atom stereocenters. The Labute approximate surface area is 118 Å². The molecule has 20 heavy (non-hydrogen) atoms. The second kappa shape index (κ2) is 5.27. The molecule has 0 spiro atoms. The second-order valence-corrected chi connectivity index (χ2v) is 5.27. The number of nitrogens with zero attached hydrogens (tertiary/aromatic N) is 2. The van der Waals surface area contributed by atoms with E-state index in [-0.39, 0.29) is 11.9 Å². The zero-order chi connectivity index (χ0) is 14.1. The summed E-state index contributed by atoms with van der Waals surface area (Å²) in [7, 11) is 0. The van der Waals surface area contributed by atoms with E-state index in [1.807, 2.05) is 17.7 Å². The van der Waals surface area contributed by atoms with Gasteiger partial charge in [0.05, 0.1) is 0 Å². The van der Waals surface area contributed by atoms with Gasteiger partial charge < -0.3 is 4.74 Å². The van der Waals surface area contributed by atoms with E-state index in [9.17, 15) is 4.39 Å². The van der Waals surface area contributed by atoms with Crippen molar-refractivity contribution in [3.8, 4) is 17.1 Å². The minimum absolute atomic E-state index is 0.236. The Kier molecular flexibility index (Phi) is 3.47. The van der Waals surface area contributed by atoms with Crippen molar-refractivity contribution in [1.29, 1.82) is 0 Å². The summed E-state index contributed by atoms with van der Waals surface area (Å²) in [5.74, 6) is 0.559. The zero-order valence-corrected chi connectivity index (χ0v) is 11.9. The summed E-state index contributed by atoms with van der Waals surface area (Å²) in [4.78, 5) is 0. The average molecular weight is 274 g/mol. The number of hydrogen-bond donors (Lipinski definition) is 0. The molecule has 2 aromatic rings. The second-order valence-electron chi connectivity index (χ2n) is 5.27. The molecular formula is C16H19FN2O. The van der Waals surface area contributed by atoms with Crippen LogP contribution in [0.25, 0.3) is 11.3 Å². The predicted molar refractivity (Wildman–Crippen MR) is 76.3 cm³/mol. The maximum absolute atomic E-state index is 14.0. The van der Waals surface area contributed by atoms with Crippen LogP contribution in [0.2, 0.25) is 0 Å². The maximum Gasteiger partial charge on any atom is 0.215 e. The number of hydrogen-bond acceptors (Lipinski definition) is 2. The van der Waals surface area contributed by atoms with E-state index in [0.29, 0.717) is 11.3 Å². The summed E-state index contributed by atoms with van der Waals surface area (Å²) in [6, 6.07) is 6.76. The molecule has 1 atom stereocenters. The van der Waals surface area contributed by atoms with Crippen LogP contribution in [0, 0.1) is 12.7 Å². The molecule has 0 amide bonds.